The third kappa shape index (κ3) is 6.01. The zero-order valence-electron chi connectivity index (χ0n) is 12.4. The van der Waals surface area contributed by atoms with E-state index in [0.717, 1.165) is 13.0 Å². The van der Waals surface area contributed by atoms with Gasteiger partial charge in [0.05, 0.1) is 6.10 Å². The zero-order valence-corrected chi connectivity index (χ0v) is 12.4. The van der Waals surface area contributed by atoms with E-state index in [2.05, 4.69) is 32.9 Å². The summed E-state index contributed by atoms with van der Waals surface area (Å²) < 4.78 is 11.8. The second kappa shape index (κ2) is 9.57. The molecule has 1 heterocycles. The second-order valence-corrected chi connectivity index (χ2v) is 5.35. The van der Waals surface area contributed by atoms with Crippen molar-refractivity contribution in [1.29, 1.82) is 0 Å². The first kappa shape index (κ1) is 15.7. The predicted molar refractivity (Wildman–Crippen MR) is 76.6 cm³/mol. The van der Waals surface area contributed by atoms with E-state index in [4.69, 9.17) is 9.47 Å². The van der Waals surface area contributed by atoms with Crippen molar-refractivity contribution in [2.24, 2.45) is 5.92 Å². The summed E-state index contributed by atoms with van der Waals surface area (Å²) in [6.07, 6.45) is 13.3. The van der Waals surface area contributed by atoms with Crippen LogP contribution in [0.15, 0.2) is 12.2 Å². The average Bonchev–Trinajstić information content (AvgIpc) is 2.38. The lowest BCUT2D eigenvalue weighted by Crippen LogP contribution is -2.35. The lowest BCUT2D eigenvalue weighted by atomic mass is 9.95. The Balaban J connectivity index is 2.08. The van der Waals surface area contributed by atoms with Crippen LogP contribution in [0.4, 0.5) is 0 Å². The summed E-state index contributed by atoms with van der Waals surface area (Å²) in [5.74, 6) is 0.601. The molecule has 1 aliphatic heterocycles. The van der Waals surface area contributed by atoms with Gasteiger partial charge in [-0.1, -0.05) is 25.5 Å². The van der Waals surface area contributed by atoms with Gasteiger partial charge in [-0.15, -0.1) is 0 Å². The highest BCUT2D eigenvalue weighted by molar-refractivity contribution is 4.76. The van der Waals surface area contributed by atoms with E-state index in [1.165, 1.54) is 38.5 Å². The Morgan fingerprint density at radius 1 is 1.22 bits per heavy atom. The van der Waals surface area contributed by atoms with Gasteiger partial charge in [-0.3, -0.25) is 0 Å². The number of rotatable bonds is 8. The fourth-order valence-electron chi connectivity index (χ4n) is 2.47. The highest BCUT2D eigenvalue weighted by atomic mass is 16.7. The highest BCUT2D eigenvalue weighted by Crippen LogP contribution is 2.28. The summed E-state index contributed by atoms with van der Waals surface area (Å²) in [4.78, 5) is 0. The van der Waals surface area contributed by atoms with Gasteiger partial charge >= 0.3 is 0 Å². The van der Waals surface area contributed by atoms with Gasteiger partial charge in [-0.2, -0.15) is 0 Å². The molecule has 1 rings (SSSR count). The molecule has 0 aromatic heterocycles. The van der Waals surface area contributed by atoms with Crippen LogP contribution in [0.3, 0.4) is 0 Å². The molecule has 1 fully saturated rings. The Morgan fingerprint density at radius 3 is 2.78 bits per heavy atom. The van der Waals surface area contributed by atoms with Crippen molar-refractivity contribution < 1.29 is 9.47 Å². The van der Waals surface area contributed by atoms with Gasteiger partial charge in [0.2, 0.25) is 0 Å². The second-order valence-electron chi connectivity index (χ2n) is 5.35. The van der Waals surface area contributed by atoms with Gasteiger partial charge in [0.25, 0.3) is 0 Å². The number of allylic oxidation sites excluding steroid dienone is 2. The van der Waals surface area contributed by atoms with Crippen LogP contribution in [-0.2, 0) is 9.47 Å². The van der Waals surface area contributed by atoms with E-state index >= 15 is 0 Å². The van der Waals surface area contributed by atoms with Crippen LogP contribution >= 0.6 is 0 Å². The third-order valence-electron chi connectivity index (χ3n) is 3.75. The molecule has 1 saturated heterocycles. The smallest absolute Gasteiger partial charge is 0.160 e. The maximum atomic E-state index is 5.92. The minimum atomic E-state index is 0.0503. The summed E-state index contributed by atoms with van der Waals surface area (Å²) >= 11 is 0. The molecule has 106 valence electrons. The summed E-state index contributed by atoms with van der Waals surface area (Å²) in [7, 11) is 0. The standard InChI is InChI=1S/C16H30O2/c1-4-6-7-8-9-10-13-17-16-15(5-2)12-11-14(3)18-16/h4,6,14-16H,5,7-13H2,1-3H3/b6-4+. The van der Waals surface area contributed by atoms with E-state index in [9.17, 15) is 0 Å². The van der Waals surface area contributed by atoms with Crippen LogP contribution in [0, 0.1) is 5.92 Å². The van der Waals surface area contributed by atoms with E-state index in [1.807, 2.05) is 0 Å². The molecule has 2 heteroatoms. The molecule has 0 aliphatic carbocycles. The fraction of sp³-hybridized carbons (Fsp3) is 0.875. The molecule has 1 aliphatic rings. The summed E-state index contributed by atoms with van der Waals surface area (Å²) in [5, 5.41) is 0. The third-order valence-corrected chi connectivity index (χ3v) is 3.75. The normalized spacial score (nSPS) is 28.9. The summed E-state index contributed by atoms with van der Waals surface area (Å²) in [6.45, 7) is 7.32. The Labute approximate surface area is 113 Å². The van der Waals surface area contributed by atoms with Gasteiger partial charge in [0.15, 0.2) is 6.29 Å². The highest BCUT2D eigenvalue weighted by Gasteiger charge is 2.28. The van der Waals surface area contributed by atoms with Crippen LogP contribution in [0.5, 0.6) is 0 Å². The van der Waals surface area contributed by atoms with E-state index in [0.29, 0.717) is 12.0 Å². The van der Waals surface area contributed by atoms with Crippen LogP contribution < -0.4 is 0 Å². The Hall–Kier alpha value is -0.340. The van der Waals surface area contributed by atoms with Crippen LogP contribution in [0.2, 0.25) is 0 Å². The summed E-state index contributed by atoms with van der Waals surface area (Å²) in [5.41, 5.74) is 0. The molecule has 0 aromatic carbocycles. The van der Waals surface area contributed by atoms with Crippen LogP contribution in [-0.4, -0.2) is 19.0 Å². The molecule has 2 nitrogen and oxygen atoms in total. The van der Waals surface area contributed by atoms with Crippen molar-refractivity contribution in [3.8, 4) is 0 Å². The van der Waals surface area contributed by atoms with Gasteiger partial charge in [-0.05, 0) is 52.4 Å². The lowest BCUT2D eigenvalue weighted by molar-refractivity contribution is -0.218. The minimum absolute atomic E-state index is 0.0503. The van der Waals surface area contributed by atoms with Crippen LogP contribution in [0.25, 0.3) is 0 Å². The van der Waals surface area contributed by atoms with Crippen molar-refractivity contribution >= 4 is 0 Å². The first-order valence-corrected chi connectivity index (χ1v) is 7.66. The Kier molecular flexibility index (Phi) is 8.36. The molecule has 0 aromatic rings. The van der Waals surface area contributed by atoms with E-state index in [1.54, 1.807) is 0 Å². The Morgan fingerprint density at radius 2 is 2.06 bits per heavy atom. The molecule has 0 radical (unpaired) electrons. The molecule has 0 spiro atoms. The monoisotopic (exact) mass is 254 g/mol. The van der Waals surface area contributed by atoms with Crippen molar-refractivity contribution in [1.82, 2.24) is 0 Å². The number of unbranched alkanes of at least 4 members (excludes halogenated alkanes) is 3. The Bertz CT molecular complexity index is 225. The van der Waals surface area contributed by atoms with Gasteiger partial charge in [0.1, 0.15) is 0 Å². The van der Waals surface area contributed by atoms with Crippen LogP contribution in [0.1, 0.15) is 65.7 Å². The van der Waals surface area contributed by atoms with E-state index in [-0.39, 0.29) is 6.29 Å². The molecular weight excluding hydrogens is 224 g/mol. The first-order valence-electron chi connectivity index (χ1n) is 7.66. The average molecular weight is 254 g/mol. The number of hydrogen-bond donors (Lipinski definition) is 0. The van der Waals surface area contributed by atoms with Gasteiger partial charge < -0.3 is 9.47 Å². The fourth-order valence-corrected chi connectivity index (χ4v) is 2.47. The van der Waals surface area contributed by atoms with Gasteiger partial charge in [0, 0.05) is 12.5 Å². The first-order chi connectivity index (χ1) is 8.77. The molecular formula is C16H30O2. The number of hydrogen-bond acceptors (Lipinski definition) is 2. The van der Waals surface area contributed by atoms with Crippen molar-refractivity contribution in [3.63, 3.8) is 0 Å². The predicted octanol–water partition coefficient (Wildman–Crippen LogP) is 4.69. The molecule has 0 saturated carbocycles. The van der Waals surface area contributed by atoms with E-state index < -0.39 is 0 Å². The molecule has 0 N–H and O–H groups in total. The van der Waals surface area contributed by atoms with Crippen molar-refractivity contribution in [3.05, 3.63) is 12.2 Å². The van der Waals surface area contributed by atoms with Crippen molar-refractivity contribution in [2.45, 2.75) is 78.1 Å². The molecule has 0 bridgehead atoms. The lowest BCUT2D eigenvalue weighted by Gasteiger charge is -2.34. The maximum Gasteiger partial charge on any atom is 0.160 e. The minimum Gasteiger partial charge on any atom is -0.352 e. The van der Waals surface area contributed by atoms with Gasteiger partial charge in [-0.25, -0.2) is 0 Å². The largest absolute Gasteiger partial charge is 0.352 e. The molecule has 18 heavy (non-hydrogen) atoms. The number of ether oxygens (including phenoxy) is 2. The quantitative estimate of drug-likeness (QED) is 0.462. The summed E-state index contributed by atoms with van der Waals surface area (Å²) in [6, 6.07) is 0. The molecule has 0 amide bonds. The topological polar surface area (TPSA) is 18.5 Å². The maximum absolute atomic E-state index is 5.92. The zero-order chi connectivity index (χ0) is 13.2. The molecule has 3 unspecified atom stereocenters. The molecule has 3 atom stereocenters. The van der Waals surface area contributed by atoms with Crippen molar-refractivity contribution in [2.75, 3.05) is 6.61 Å². The SMILES string of the molecule is C/C=C/CCCCCOC1OC(C)CCC1CC.